The molecule has 2 amide bonds. The van der Waals surface area contributed by atoms with Crippen LogP contribution in [0.15, 0.2) is 35.9 Å². The number of thiocarbonyl (C=S) groups is 1. The molecule has 2 aliphatic rings. The average Bonchev–Trinajstić information content (AvgIpc) is 2.73. The van der Waals surface area contributed by atoms with Crippen LogP contribution in [0.1, 0.15) is 67.9 Å². The predicted molar refractivity (Wildman–Crippen MR) is 143 cm³/mol. The molecule has 0 radical (unpaired) electrons. The quantitative estimate of drug-likeness (QED) is 0.359. The summed E-state index contributed by atoms with van der Waals surface area (Å²) in [7, 11) is 0. The summed E-state index contributed by atoms with van der Waals surface area (Å²) < 4.78 is 0. The highest BCUT2D eigenvalue weighted by atomic mass is 32.1. The van der Waals surface area contributed by atoms with Gasteiger partial charge in [-0.2, -0.15) is 0 Å². The summed E-state index contributed by atoms with van der Waals surface area (Å²) in [5.41, 5.74) is 7.41. The molecule has 6 heteroatoms. The maximum Gasteiger partial charge on any atom is 0.270 e. The monoisotopic (exact) mass is 475 g/mol. The third-order valence-corrected chi connectivity index (χ3v) is 7.52. The molecule has 1 fully saturated rings. The SMILES string of the molecule is CCN1c2cc(C)c(/C=C3/C(=O)NC(=S)N(c4ccc(C)c(C)c4)C3=O)cc2C(C)CC1(C)C. The molecular weight excluding hydrogens is 442 g/mol. The second-order valence-corrected chi connectivity index (χ2v) is 10.5. The van der Waals surface area contributed by atoms with Crippen molar-refractivity contribution >= 4 is 46.6 Å². The lowest BCUT2D eigenvalue weighted by Gasteiger charge is -2.47. The first-order valence-corrected chi connectivity index (χ1v) is 12.3. The van der Waals surface area contributed by atoms with E-state index >= 15 is 0 Å². The molecule has 2 aromatic rings. The zero-order valence-electron chi connectivity index (χ0n) is 21.1. The van der Waals surface area contributed by atoms with Crippen LogP contribution in [-0.4, -0.2) is 29.0 Å². The van der Waals surface area contributed by atoms with E-state index in [2.05, 4.69) is 50.0 Å². The molecular formula is C28H33N3O2S. The van der Waals surface area contributed by atoms with Crippen LogP contribution in [0.5, 0.6) is 0 Å². The summed E-state index contributed by atoms with van der Waals surface area (Å²) >= 11 is 5.37. The molecule has 2 heterocycles. The summed E-state index contributed by atoms with van der Waals surface area (Å²) in [4.78, 5) is 30.2. The molecule has 1 N–H and O–H groups in total. The lowest BCUT2D eigenvalue weighted by Crippen LogP contribution is -2.54. The third kappa shape index (κ3) is 4.05. The van der Waals surface area contributed by atoms with Gasteiger partial charge >= 0.3 is 0 Å². The summed E-state index contributed by atoms with van der Waals surface area (Å²) in [5.74, 6) is -0.490. The molecule has 178 valence electrons. The highest BCUT2D eigenvalue weighted by molar-refractivity contribution is 7.80. The Labute approximate surface area is 207 Å². The molecule has 2 aliphatic heterocycles. The number of aryl methyl sites for hydroxylation is 3. The van der Waals surface area contributed by atoms with E-state index in [1.165, 1.54) is 16.2 Å². The Kier molecular flexibility index (Phi) is 6.15. The zero-order chi connectivity index (χ0) is 24.9. The van der Waals surface area contributed by atoms with Gasteiger partial charge in [-0.05, 0) is 124 Å². The first-order chi connectivity index (χ1) is 15.9. The first kappa shape index (κ1) is 24.1. The Bertz CT molecular complexity index is 1240. The van der Waals surface area contributed by atoms with Gasteiger partial charge in [-0.15, -0.1) is 0 Å². The summed E-state index contributed by atoms with van der Waals surface area (Å²) in [6, 6.07) is 10.1. The van der Waals surface area contributed by atoms with Crippen LogP contribution in [0.4, 0.5) is 11.4 Å². The second kappa shape index (κ2) is 8.66. The highest BCUT2D eigenvalue weighted by Gasteiger charge is 2.37. The van der Waals surface area contributed by atoms with E-state index in [1.54, 1.807) is 6.08 Å². The summed E-state index contributed by atoms with van der Waals surface area (Å²) in [6.45, 7) is 16.0. The summed E-state index contributed by atoms with van der Waals surface area (Å²) in [5, 5.41) is 2.80. The van der Waals surface area contributed by atoms with Crippen molar-refractivity contribution in [1.82, 2.24) is 5.32 Å². The topological polar surface area (TPSA) is 52.7 Å². The van der Waals surface area contributed by atoms with E-state index in [0.717, 1.165) is 35.2 Å². The van der Waals surface area contributed by atoms with Crippen molar-refractivity contribution < 1.29 is 9.59 Å². The van der Waals surface area contributed by atoms with E-state index in [1.807, 2.05) is 39.0 Å². The molecule has 1 unspecified atom stereocenters. The molecule has 0 aliphatic carbocycles. The fraction of sp³-hybridized carbons (Fsp3) is 0.393. The third-order valence-electron chi connectivity index (χ3n) is 7.24. The van der Waals surface area contributed by atoms with Gasteiger partial charge in [0.2, 0.25) is 0 Å². The van der Waals surface area contributed by atoms with Crippen molar-refractivity contribution in [3.05, 3.63) is 63.7 Å². The van der Waals surface area contributed by atoms with Crippen LogP contribution in [-0.2, 0) is 9.59 Å². The fourth-order valence-electron chi connectivity index (χ4n) is 5.32. The Morgan fingerprint density at radius 2 is 1.79 bits per heavy atom. The molecule has 4 rings (SSSR count). The Balaban J connectivity index is 1.78. The van der Waals surface area contributed by atoms with Crippen LogP contribution in [0, 0.1) is 20.8 Å². The minimum Gasteiger partial charge on any atom is -0.366 e. The average molecular weight is 476 g/mol. The second-order valence-electron chi connectivity index (χ2n) is 10.2. The van der Waals surface area contributed by atoms with Crippen LogP contribution in [0.2, 0.25) is 0 Å². The number of nitrogens with zero attached hydrogens (tertiary/aromatic N) is 2. The van der Waals surface area contributed by atoms with Gasteiger partial charge in [-0.25, -0.2) is 0 Å². The number of benzene rings is 2. The van der Waals surface area contributed by atoms with Gasteiger partial charge in [-0.3, -0.25) is 19.8 Å². The van der Waals surface area contributed by atoms with E-state index in [0.29, 0.717) is 11.6 Å². The van der Waals surface area contributed by atoms with Crippen LogP contribution < -0.4 is 15.1 Å². The molecule has 0 aromatic heterocycles. The summed E-state index contributed by atoms with van der Waals surface area (Å²) in [6.07, 6.45) is 2.76. The van der Waals surface area contributed by atoms with Crippen molar-refractivity contribution in [2.75, 3.05) is 16.3 Å². The van der Waals surface area contributed by atoms with E-state index in [9.17, 15) is 9.59 Å². The van der Waals surface area contributed by atoms with Crippen molar-refractivity contribution in [3.8, 4) is 0 Å². The minimum atomic E-state index is -0.462. The normalized spacial score (nSPS) is 21.1. The number of anilines is 2. The molecule has 0 bridgehead atoms. The van der Waals surface area contributed by atoms with Gasteiger partial charge in [-0.1, -0.05) is 13.0 Å². The van der Waals surface area contributed by atoms with Crippen molar-refractivity contribution in [2.24, 2.45) is 0 Å². The van der Waals surface area contributed by atoms with E-state index in [-0.39, 0.29) is 16.2 Å². The van der Waals surface area contributed by atoms with Crippen molar-refractivity contribution in [2.45, 2.75) is 66.3 Å². The molecule has 0 saturated carbocycles. The molecule has 34 heavy (non-hydrogen) atoms. The Morgan fingerprint density at radius 3 is 2.44 bits per heavy atom. The van der Waals surface area contributed by atoms with Crippen LogP contribution in [0.25, 0.3) is 6.08 Å². The Hall–Kier alpha value is -2.99. The number of hydrogen-bond acceptors (Lipinski definition) is 4. The number of amides is 2. The van der Waals surface area contributed by atoms with Crippen molar-refractivity contribution in [3.63, 3.8) is 0 Å². The number of fused-ring (bicyclic) bond motifs is 1. The Morgan fingerprint density at radius 1 is 1.09 bits per heavy atom. The zero-order valence-corrected chi connectivity index (χ0v) is 21.9. The number of carbonyl (C=O) groups excluding carboxylic acids is 2. The van der Waals surface area contributed by atoms with Gasteiger partial charge < -0.3 is 4.90 Å². The molecule has 1 saturated heterocycles. The first-order valence-electron chi connectivity index (χ1n) is 11.9. The minimum absolute atomic E-state index is 0.0785. The number of carbonyl (C=O) groups is 2. The maximum absolute atomic E-state index is 13.5. The predicted octanol–water partition coefficient (Wildman–Crippen LogP) is 5.56. The number of nitrogens with one attached hydrogen (secondary N) is 1. The molecule has 5 nitrogen and oxygen atoms in total. The van der Waals surface area contributed by atoms with Crippen molar-refractivity contribution in [1.29, 1.82) is 0 Å². The maximum atomic E-state index is 13.5. The van der Waals surface area contributed by atoms with Gasteiger partial charge in [0.25, 0.3) is 11.8 Å². The number of rotatable bonds is 3. The smallest absolute Gasteiger partial charge is 0.270 e. The lowest BCUT2D eigenvalue weighted by atomic mass is 9.79. The highest BCUT2D eigenvalue weighted by Crippen LogP contribution is 2.44. The fourth-order valence-corrected chi connectivity index (χ4v) is 5.60. The number of hydrogen-bond donors (Lipinski definition) is 1. The standard InChI is InChI=1S/C28H33N3O2S/c1-8-30-24-12-18(4)20(13-22(24)19(5)15-28(30,6)7)14-23-25(32)29-27(34)31(26(23)33)21-10-9-16(2)17(3)11-21/h9-14,19H,8,15H2,1-7H3,(H,29,32,34)/b23-14-. The van der Waals surface area contributed by atoms with E-state index < -0.39 is 11.8 Å². The van der Waals surface area contributed by atoms with Gasteiger partial charge in [0.1, 0.15) is 5.57 Å². The lowest BCUT2D eigenvalue weighted by molar-refractivity contribution is -0.122. The van der Waals surface area contributed by atoms with Gasteiger partial charge in [0, 0.05) is 17.8 Å². The van der Waals surface area contributed by atoms with Gasteiger partial charge in [0.05, 0.1) is 5.69 Å². The largest absolute Gasteiger partial charge is 0.366 e. The molecule has 2 aromatic carbocycles. The molecule has 0 spiro atoms. The van der Waals surface area contributed by atoms with E-state index in [4.69, 9.17) is 12.2 Å². The van der Waals surface area contributed by atoms with Gasteiger partial charge in [0.15, 0.2) is 5.11 Å². The van der Waals surface area contributed by atoms with Crippen LogP contribution in [0.3, 0.4) is 0 Å². The molecule has 1 atom stereocenters. The van der Waals surface area contributed by atoms with Crippen LogP contribution >= 0.6 is 12.2 Å².